The number of carbonyl (C=O) groups is 2. The van der Waals surface area contributed by atoms with E-state index in [2.05, 4.69) is 5.32 Å². The second-order valence-electron chi connectivity index (χ2n) is 4.99. The van der Waals surface area contributed by atoms with Crippen LogP contribution in [0.2, 0.25) is 0 Å². The van der Waals surface area contributed by atoms with Crippen LogP contribution in [0.1, 0.15) is 0 Å². The van der Waals surface area contributed by atoms with Crippen LogP contribution in [-0.2, 0) is 14.3 Å². The van der Waals surface area contributed by atoms with E-state index in [0.717, 1.165) is 6.54 Å². The summed E-state index contributed by atoms with van der Waals surface area (Å²) in [6.07, 6.45) is -1.40. The highest BCUT2D eigenvalue weighted by Gasteiger charge is 2.36. The molecule has 2 aliphatic rings. The third kappa shape index (κ3) is 2.70. The third-order valence-corrected chi connectivity index (χ3v) is 3.56. The highest BCUT2D eigenvalue weighted by molar-refractivity contribution is 5.99. The Morgan fingerprint density at radius 1 is 1.29 bits per heavy atom. The Kier molecular flexibility index (Phi) is 3.76. The van der Waals surface area contributed by atoms with Gasteiger partial charge in [-0.25, -0.2) is 0 Å². The van der Waals surface area contributed by atoms with E-state index in [4.69, 9.17) is 15.2 Å². The molecule has 1 saturated heterocycles. The van der Waals surface area contributed by atoms with Gasteiger partial charge in [0.2, 0.25) is 0 Å². The van der Waals surface area contributed by atoms with Gasteiger partial charge in [-0.15, -0.1) is 0 Å². The van der Waals surface area contributed by atoms with E-state index in [1.165, 1.54) is 4.90 Å². The normalized spacial score (nSPS) is 24.9. The number of nitrogens with two attached hydrogens (primary N) is 1. The van der Waals surface area contributed by atoms with E-state index >= 15 is 0 Å². The van der Waals surface area contributed by atoms with Gasteiger partial charge >= 0.3 is 0 Å². The number of anilines is 1. The Balaban J connectivity index is 1.88. The van der Waals surface area contributed by atoms with Crippen LogP contribution in [-0.4, -0.2) is 50.3 Å². The first-order valence-electron chi connectivity index (χ1n) is 6.85. The molecule has 3 rings (SSSR count). The van der Waals surface area contributed by atoms with Crippen molar-refractivity contribution in [1.29, 1.82) is 0 Å². The van der Waals surface area contributed by atoms with Gasteiger partial charge in [-0.3, -0.25) is 9.59 Å². The van der Waals surface area contributed by atoms with Gasteiger partial charge in [0.25, 0.3) is 11.8 Å². The Labute approximate surface area is 122 Å². The molecule has 2 heterocycles. The van der Waals surface area contributed by atoms with Crippen molar-refractivity contribution in [3.63, 3.8) is 0 Å². The summed E-state index contributed by atoms with van der Waals surface area (Å²) in [4.78, 5) is 25.6. The van der Waals surface area contributed by atoms with Crippen molar-refractivity contribution in [2.75, 3.05) is 31.1 Å². The molecule has 0 saturated carbocycles. The average Bonchev–Trinajstić information content (AvgIpc) is 2.54. The van der Waals surface area contributed by atoms with Crippen LogP contribution in [0.3, 0.4) is 0 Å². The highest BCUT2D eigenvalue weighted by atomic mass is 16.5. The lowest BCUT2D eigenvalue weighted by Crippen LogP contribution is -2.55. The monoisotopic (exact) mass is 291 g/mol. The maximum Gasteiger partial charge on any atom is 0.260 e. The van der Waals surface area contributed by atoms with Gasteiger partial charge < -0.3 is 25.4 Å². The molecule has 0 aromatic heterocycles. The summed E-state index contributed by atoms with van der Waals surface area (Å²) >= 11 is 0. The summed E-state index contributed by atoms with van der Waals surface area (Å²) in [5, 5.41) is 3.12. The first-order chi connectivity index (χ1) is 10.2. The number of primary amides is 1. The summed E-state index contributed by atoms with van der Waals surface area (Å²) in [6.45, 7) is 1.78. The summed E-state index contributed by atoms with van der Waals surface area (Å²) in [5.74, 6) is -0.307. The van der Waals surface area contributed by atoms with Crippen molar-refractivity contribution in [2.45, 2.75) is 12.2 Å². The Bertz CT molecular complexity index is 557. The molecule has 0 radical (unpaired) electrons. The Morgan fingerprint density at radius 2 is 2.10 bits per heavy atom. The molecule has 1 aromatic carbocycles. The van der Waals surface area contributed by atoms with Gasteiger partial charge in [-0.05, 0) is 12.1 Å². The first kappa shape index (κ1) is 13.8. The van der Waals surface area contributed by atoms with Crippen LogP contribution < -0.4 is 20.7 Å². The van der Waals surface area contributed by atoms with Gasteiger partial charge in [0, 0.05) is 13.1 Å². The summed E-state index contributed by atoms with van der Waals surface area (Å²) in [5.41, 5.74) is 5.95. The van der Waals surface area contributed by atoms with Gasteiger partial charge in [-0.1, -0.05) is 12.1 Å². The molecule has 2 amide bonds. The smallest absolute Gasteiger partial charge is 0.260 e. The number of morpholine rings is 1. The number of hydrogen-bond acceptors (Lipinski definition) is 5. The number of rotatable bonds is 2. The van der Waals surface area contributed by atoms with Gasteiger partial charge in [0.15, 0.2) is 6.10 Å². The molecule has 2 unspecified atom stereocenters. The average molecular weight is 291 g/mol. The summed E-state index contributed by atoms with van der Waals surface area (Å²) in [6, 6.07) is 7.09. The number of benzene rings is 1. The van der Waals surface area contributed by atoms with E-state index in [0.29, 0.717) is 24.6 Å². The van der Waals surface area contributed by atoms with Crippen LogP contribution in [0, 0.1) is 0 Å². The molecule has 1 fully saturated rings. The molecule has 2 aliphatic heterocycles. The molecule has 0 spiro atoms. The first-order valence-corrected chi connectivity index (χ1v) is 6.85. The van der Waals surface area contributed by atoms with Crippen LogP contribution in [0.15, 0.2) is 24.3 Å². The fourth-order valence-electron chi connectivity index (χ4n) is 2.49. The lowest BCUT2D eigenvalue weighted by Gasteiger charge is -2.36. The zero-order valence-electron chi connectivity index (χ0n) is 11.5. The molecule has 7 heteroatoms. The van der Waals surface area contributed by atoms with Crippen molar-refractivity contribution in [3.05, 3.63) is 24.3 Å². The molecule has 2 atom stereocenters. The van der Waals surface area contributed by atoms with Crippen LogP contribution in [0.4, 0.5) is 5.69 Å². The fraction of sp³-hybridized carbons (Fsp3) is 0.429. The molecular weight excluding hydrogens is 274 g/mol. The van der Waals surface area contributed by atoms with Crippen molar-refractivity contribution < 1.29 is 19.1 Å². The van der Waals surface area contributed by atoms with E-state index in [1.807, 2.05) is 6.07 Å². The molecule has 0 aliphatic carbocycles. The zero-order chi connectivity index (χ0) is 14.8. The van der Waals surface area contributed by atoms with Crippen molar-refractivity contribution in [2.24, 2.45) is 5.73 Å². The second kappa shape index (κ2) is 5.71. The van der Waals surface area contributed by atoms with Crippen LogP contribution >= 0.6 is 0 Å². The summed E-state index contributed by atoms with van der Waals surface area (Å²) < 4.78 is 11.0. The predicted molar refractivity (Wildman–Crippen MR) is 75.0 cm³/mol. The predicted octanol–water partition coefficient (Wildman–Crippen LogP) is -0.746. The van der Waals surface area contributed by atoms with E-state index in [-0.39, 0.29) is 12.5 Å². The zero-order valence-corrected chi connectivity index (χ0v) is 11.5. The van der Waals surface area contributed by atoms with E-state index in [9.17, 15) is 9.59 Å². The largest absolute Gasteiger partial charge is 0.477 e. The number of ether oxygens (including phenoxy) is 2. The molecule has 21 heavy (non-hydrogen) atoms. The SMILES string of the molecule is NC(=O)C1CN(C(=O)C2CNCCO2)c2ccccc2O1. The second-order valence-corrected chi connectivity index (χ2v) is 4.99. The molecular formula is C14H17N3O4. The van der Waals surface area contributed by atoms with Crippen molar-refractivity contribution in [1.82, 2.24) is 5.32 Å². The van der Waals surface area contributed by atoms with E-state index in [1.54, 1.807) is 18.2 Å². The Hall–Kier alpha value is -2.12. The number of para-hydroxylation sites is 2. The highest BCUT2D eigenvalue weighted by Crippen LogP contribution is 2.33. The summed E-state index contributed by atoms with van der Waals surface area (Å²) in [7, 11) is 0. The molecule has 1 aromatic rings. The number of nitrogens with one attached hydrogen (secondary N) is 1. The maximum atomic E-state index is 12.6. The minimum atomic E-state index is -0.847. The molecule has 0 bridgehead atoms. The van der Waals surface area contributed by atoms with Gasteiger partial charge in [0.1, 0.15) is 11.9 Å². The molecule has 7 nitrogen and oxygen atoms in total. The molecule has 3 N–H and O–H groups in total. The number of amides is 2. The number of carbonyl (C=O) groups excluding carboxylic acids is 2. The van der Waals surface area contributed by atoms with Crippen LogP contribution in [0.25, 0.3) is 0 Å². The Morgan fingerprint density at radius 3 is 2.81 bits per heavy atom. The van der Waals surface area contributed by atoms with Gasteiger partial charge in [-0.2, -0.15) is 0 Å². The lowest BCUT2D eigenvalue weighted by molar-refractivity contribution is -0.132. The minimum absolute atomic E-state index is 0.102. The quantitative estimate of drug-likeness (QED) is 0.748. The van der Waals surface area contributed by atoms with Crippen LogP contribution in [0.5, 0.6) is 5.75 Å². The van der Waals surface area contributed by atoms with Crippen molar-refractivity contribution in [3.8, 4) is 5.75 Å². The number of fused-ring (bicyclic) bond motifs is 1. The van der Waals surface area contributed by atoms with Crippen molar-refractivity contribution >= 4 is 17.5 Å². The lowest BCUT2D eigenvalue weighted by atomic mass is 10.1. The van der Waals surface area contributed by atoms with E-state index < -0.39 is 18.1 Å². The topological polar surface area (TPSA) is 93.9 Å². The van der Waals surface area contributed by atoms with Gasteiger partial charge in [0.05, 0.1) is 18.8 Å². The number of nitrogens with zero attached hydrogens (tertiary/aromatic N) is 1. The fourth-order valence-corrected chi connectivity index (χ4v) is 2.49. The number of hydrogen-bond donors (Lipinski definition) is 2. The minimum Gasteiger partial charge on any atom is -0.477 e. The third-order valence-electron chi connectivity index (χ3n) is 3.56. The maximum absolute atomic E-state index is 12.6. The molecule has 112 valence electrons. The standard InChI is InChI=1S/C14H17N3O4/c15-13(18)12-8-17(9-3-1-2-4-10(9)21-12)14(19)11-7-16-5-6-20-11/h1-4,11-12,16H,5-8H2,(H2,15,18).